The highest BCUT2D eigenvalue weighted by Crippen LogP contribution is 2.47. The Morgan fingerprint density at radius 1 is 1.12 bits per heavy atom. The number of amides is 1. The minimum atomic E-state index is -1.05. The summed E-state index contributed by atoms with van der Waals surface area (Å²) in [7, 11) is 1.48. The van der Waals surface area contributed by atoms with Crippen LogP contribution in [-0.4, -0.2) is 54.2 Å². The average molecular weight is 353 g/mol. The molecule has 3 saturated heterocycles. The molecule has 6 nitrogen and oxygen atoms in total. The molecule has 24 heavy (non-hydrogen) atoms. The summed E-state index contributed by atoms with van der Waals surface area (Å²) < 4.78 is 5.16. The number of carboxylic acid groups (broad SMARTS) is 1. The van der Waals surface area contributed by atoms with Crippen LogP contribution in [0.1, 0.15) is 33.6 Å². The van der Waals surface area contributed by atoms with Gasteiger partial charge in [0.2, 0.25) is 0 Å². The van der Waals surface area contributed by atoms with Crippen LogP contribution < -0.4 is 10.1 Å². The first-order valence-corrected chi connectivity index (χ1v) is 8.06. The van der Waals surface area contributed by atoms with Gasteiger partial charge in [-0.15, -0.1) is 12.4 Å². The summed E-state index contributed by atoms with van der Waals surface area (Å²) in [6.07, 6.45) is 2.10. The van der Waals surface area contributed by atoms with E-state index in [1.165, 1.54) is 19.2 Å². The third kappa shape index (κ3) is 2.45. The topological polar surface area (TPSA) is 78.9 Å². The lowest BCUT2D eigenvalue weighted by Gasteiger charge is -2.25. The normalized spacial score (nSPS) is 30.0. The fourth-order valence-corrected chi connectivity index (χ4v) is 4.68. The fraction of sp³-hybridized carbons (Fsp3) is 0.529. The van der Waals surface area contributed by atoms with Crippen LogP contribution in [0.3, 0.4) is 0 Å². The Balaban J connectivity index is 0.00000169. The van der Waals surface area contributed by atoms with Gasteiger partial charge in [0.15, 0.2) is 0 Å². The third-order valence-corrected chi connectivity index (χ3v) is 5.64. The van der Waals surface area contributed by atoms with E-state index in [1.807, 2.05) is 4.90 Å². The van der Waals surface area contributed by atoms with Crippen LogP contribution >= 0.6 is 12.4 Å². The first-order valence-electron chi connectivity index (χ1n) is 8.06. The molecule has 130 valence electrons. The molecule has 3 aliphatic rings. The van der Waals surface area contributed by atoms with E-state index >= 15 is 0 Å². The maximum Gasteiger partial charge on any atom is 0.335 e. The SMILES string of the molecule is COc1cc(C(=O)O)cc(C(=O)N2[C@@H]3CC[C@H]2[C@H]2CNC[C@H]23)c1.Cl. The van der Waals surface area contributed by atoms with Crippen molar-refractivity contribution < 1.29 is 19.4 Å². The highest BCUT2D eigenvalue weighted by atomic mass is 35.5. The summed E-state index contributed by atoms with van der Waals surface area (Å²) in [6.45, 7) is 1.96. The lowest BCUT2D eigenvalue weighted by Crippen LogP contribution is -2.39. The van der Waals surface area contributed by atoms with Crippen LogP contribution in [0.5, 0.6) is 5.75 Å². The van der Waals surface area contributed by atoms with Crippen LogP contribution in [0.15, 0.2) is 18.2 Å². The molecule has 0 radical (unpaired) electrons. The molecular weight excluding hydrogens is 332 g/mol. The summed E-state index contributed by atoms with van der Waals surface area (Å²) in [5.74, 6) is 0.378. The van der Waals surface area contributed by atoms with Gasteiger partial charge in [0.1, 0.15) is 5.75 Å². The molecule has 0 aromatic heterocycles. The summed E-state index contributed by atoms with van der Waals surface area (Å²) in [5, 5.41) is 12.7. The quantitative estimate of drug-likeness (QED) is 0.864. The van der Waals surface area contributed by atoms with Crippen LogP contribution in [0, 0.1) is 11.8 Å². The van der Waals surface area contributed by atoms with Crippen molar-refractivity contribution in [2.45, 2.75) is 24.9 Å². The highest BCUT2D eigenvalue weighted by molar-refractivity contribution is 5.98. The number of aromatic carboxylic acids is 1. The monoisotopic (exact) mass is 352 g/mol. The van der Waals surface area contributed by atoms with E-state index in [0.717, 1.165) is 25.9 Å². The second-order valence-corrected chi connectivity index (χ2v) is 6.67. The number of carbonyl (C=O) groups is 2. The second-order valence-electron chi connectivity index (χ2n) is 6.67. The standard InChI is InChI=1S/C17H20N2O4.ClH/c1-23-11-5-9(4-10(6-11)17(21)22)16(20)19-14-2-3-15(19)13-8-18-7-12(13)14;/h4-6,12-15,18H,2-3,7-8H2,1H3,(H,21,22);1H/t12-,13+,14-,15+;. The van der Waals surface area contributed by atoms with Gasteiger partial charge >= 0.3 is 5.97 Å². The van der Waals surface area contributed by atoms with Crippen LogP contribution in [0.25, 0.3) is 0 Å². The second kappa shape index (κ2) is 6.26. The van der Waals surface area contributed by atoms with Gasteiger partial charge in [-0.3, -0.25) is 4.79 Å². The number of methoxy groups -OCH3 is 1. The number of carboxylic acids is 1. The maximum absolute atomic E-state index is 13.0. The van der Waals surface area contributed by atoms with Gasteiger partial charge in [0.25, 0.3) is 5.91 Å². The zero-order valence-electron chi connectivity index (χ0n) is 13.4. The number of nitrogens with one attached hydrogen (secondary N) is 1. The van der Waals surface area contributed by atoms with Gasteiger partial charge in [0.05, 0.1) is 12.7 Å². The predicted octanol–water partition coefficient (Wildman–Crippen LogP) is 1.64. The van der Waals surface area contributed by atoms with E-state index in [1.54, 1.807) is 6.07 Å². The van der Waals surface area contributed by atoms with Crippen LogP contribution in [0.4, 0.5) is 0 Å². The summed E-state index contributed by atoms with van der Waals surface area (Å²) in [5.41, 5.74) is 0.493. The molecule has 2 bridgehead atoms. The van der Waals surface area contributed by atoms with Gasteiger partial charge in [-0.1, -0.05) is 0 Å². The number of nitrogens with zero attached hydrogens (tertiary/aromatic N) is 1. The zero-order valence-corrected chi connectivity index (χ0v) is 14.2. The van der Waals surface area contributed by atoms with Crippen molar-refractivity contribution in [1.82, 2.24) is 10.2 Å². The summed E-state index contributed by atoms with van der Waals surface area (Å²) in [4.78, 5) is 26.3. The first-order chi connectivity index (χ1) is 11.1. The Hall–Kier alpha value is -1.79. The zero-order chi connectivity index (χ0) is 16.1. The molecule has 1 aromatic rings. The van der Waals surface area contributed by atoms with E-state index in [4.69, 9.17) is 4.74 Å². The molecule has 1 amide bonds. The van der Waals surface area contributed by atoms with E-state index in [9.17, 15) is 14.7 Å². The number of carbonyl (C=O) groups excluding carboxylic acids is 1. The Morgan fingerprint density at radius 2 is 1.71 bits per heavy atom. The van der Waals surface area contributed by atoms with Crippen molar-refractivity contribution in [1.29, 1.82) is 0 Å². The van der Waals surface area contributed by atoms with Crippen molar-refractivity contribution in [3.8, 4) is 5.75 Å². The number of ether oxygens (including phenoxy) is 1. The molecule has 0 spiro atoms. The lowest BCUT2D eigenvalue weighted by atomic mass is 9.82. The highest BCUT2D eigenvalue weighted by Gasteiger charge is 2.56. The third-order valence-electron chi connectivity index (χ3n) is 5.64. The van der Waals surface area contributed by atoms with Crippen molar-refractivity contribution in [2.24, 2.45) is 11.8 Å². The van der Waals surface area contributed by atoms with Crippen LogP contribution in [-0.2, 0) is 0 Å². The Bertz CT molecular complexity index is 663. The van der Waals surface area contributed by atoms with Gasteiger partial charge in [0, 0.05) is 30.7 Å². The summed E-state index contributed by atoms with van der Waals surface area (Å²) in [6, 6.07) is 5.11. The molecule has 4 atom stereocenters. The molecule has 0 unspecified atom stereocenters. The van der Waals surface area contributed by atoms with Gasteiger partial charge in [-0.05, 0) is 42.9 Å². The minimum absolute atomic E-state index is 0. The number of fused-ring (bicyclic) bond motifs is 5. The number of halogens is 1. The number of hydrogen-bond acceptors (Lipinski definition) is 4. The molecule has 3 heterocycles. The predicted molar refractivity (Wildman–Crippen MR) is 90.0 cm³/mol. The molecular formula is C17H21ClN2O4. The fourth-order valence-electron chi connectivity index (χ4n) is 4.68. The number of hydrogen-bond donors (Lipinski definition) is 2. The van der Waals surface area contributed by atoms with E-state index in [2.05, 4.69) is 5.32 Å². The molecule has 7 heteroatoms. The number of rotatable bonds is 3. The van der Waals surface area contributed by atoms with Crippen molar-refractivity contribution in [2.75, 3.05) is 20.2 Å². The first kappa shape index (κ1) is 17.0. The smallest absolute Gasteiger partial charge is 0.335 e. The molecule has 3 aliphatic heterocycles. The van der Waals surface area contributed by atoms with E-state index in [0.29, 0.717) is 23.1 Å². The summed E-state index contributed by atoms with van der Waals surface area (Å²) >= 11 is 0. The van der Waals surface area contributed by atoms with Crippen molar-refractivity contribution in [3.63, 3.8) is 0 Å². The Labute approximate surface area is 146 Å². The molecule has 0 saturated carbocycles. The van der Waals surface area contributed by atoms with E-state index in [-0.39, 0.29) is 36.0 Å². The van der Waals surface area contributed by atoms with Crippen molar-refractivity contribution in [3.05, 3.63) is 29.3 Å². The number of benzene rings is 1. The largest absolute Gasteiger partial charge is 0.497 e. The van der Waals surface area contributed by atoms with Crippen molar-refractivity contribution >= 4 is 24.3 Å². The van der Waals surface area contributed by atoms with Gasteiger partial charge < -0.3 is 20.1 Å². The Kier molecular flexibility index (Phi) is 4.44. The average Bonchev–Trinajstić information content (AvgIpc) is 3.25. The molecule has 3 fully saturated rings. The molecule has 1 aromatic carbocycles. The molecule has 4 rings (SSSR count). The minimum Gasteiger partial charge on any atom is -0.497 e. The maximum atomic E-state index is 13.0. The van der Waals surface area contributed by atoms with E-state index < -0.39 is 5.97 Å². The lowest BCUT2D eigenvalue weighted by molar-refractivity contribution is 0.0696. The van der Waals surface area contributed by atoms with Crippen LogP contribution in [0.2, 0.25) is 0 Å². The molecule has 0 aliphatic carbocycles. The Morgan fingerprint density at radius 3 is 2.25 bits per heavy atom. The van der Waals surface area contributed by atoms with Gasteiger partial charge in [-0.25, -0.2) is 4.79 Å². The molecule has 2 N–H and O–H groups in total. The van der Waals surface area contributed by atoms with Gasteiger partial charge in [-0.2, -0.15) is 0 Å².